The second kappa shape index (κ2) is 7.57. The summed E-state index contributed by atoms with van der Waals surface area (Å²) in [4.78, 5) is 14.3. The summed E-state index contributed by atoms with van der Waals surface area (Å²) in [6.45, 7) is 5.07. The van der Waals surface area contributed by atoms with Crippen molar-refractivity contribution < 1.29 is 9.90 Å². The Labute approximate surface area is 127 Å². The van der Waals surface area contributed by atoms with Crippen LogP contribution in [-0.2, 0) is 4.79 Å². The van der Waals surface area contributed by atoms with Gasteiger partial charge < -0.3 is 10.4 Å². The van der Waals surface area contributed by atoms with Gasteiger partial charge in [-0.3, -0.25) is 9.69 Å². The molecule has 0 aromatic heterocycles. The van der Waals surface area contributed by atoms with E-state index in [-0.39, 0.29) is 24.1 Å². The fourth-order valence-electron chi connectivity index (χ4n) is 3.06. The maximum absolute atomic E-state index is 12.2. The van der Waals surface area contributed by atoms with Crippen molar-refractivity contribution in [2.75, 3.05) is 13.1 Å². The minimum absolute atomic E-state index is 0.00786. The summed E-state index contributed by atoms with van der Waals surface area (Å²) in [5, 5.41) is 12.9. The number of carbonyl (C=O) groups is 1. The van der Waals surface area contributed by atoms with E-state index in [0.29, 0.717) is 6.54 Å². The molecule has 4 nitrogen and oxygen atoms in total. The summed E-state index contributed by atoms with van der Waals surface area (Å²) in [5.74, 6) is 0.0268. The predicted octanol–water partition coefficient (Wildman–Crippen LogP) is 2.10. The summed E-state index contributed by atoms with van der Waals surface area (Å²) < 4.78 is 0. The van der Waals surface area contributed by atoms with Crippen molar-refractivity contribution in [3.8, 4) is 0 Å². The van der Waals surface area contributed by atoms with Crippen molar-refractivity contribution in [1.29, 1.82) is 0 Å². The van der Waals surface area contributed by atoms with Gasteiger partial charge in [0.15, 0.2) is 0 Å². The van der Waals surface area contributed by atoms with E-state index in [2.05, 4.69) is 10.2 Å². The van der Waals surface area contributed by atoms with Crippen molar-refractivity contribution in [2.45, 2.75) is 51.3 Å². The lowest BCUT2D eigenvalue weighted by Crippen LogP contribution is -2.50. The smallest absolute Gasteiger partial charge is 0.234 e. The van der Waals surface area contributed by atoms with Crippen molar-refractivity contribution >= 4 is 5.91 Å². The molecule has 1 fully saturated rings. The number of likely N-dealkylation sites (tertiary alicyclic amines) is 1. The minimum atomic E-state index is -0.385. The lowest BCUT2D eigenvalue weighted by molar-refractivity contribution is -0.124. The van der Waals surface area contributed by atoms with E-state index in [9.17, 15) is 9.90 Å². The second-order valence-corrected chi connectivity index (χ2v) is 5.97. The number of hydrogen-bond acceptors (Lipinski definition) is 3. The molecular formula is C17H26N2O2. The molecule has 116 valence electrons. The number of amides is 1. The minimum Gasteiger partial charge on any atom is -0.392 e. The highest BCUT2D eigenvalue weighted by atomic mass is 16.3. The van der Waals surface area contributed by atoms with Gasteiger partial charge in [-0.25, -0.2) is 0 Å². The van der Waals surface area contributed by atoms with Crippen molar-refractivity contribution in [2.24, 2.45) is 0 Å². The van der Waals surface area contributed by atoms with Gasteiger partial charge in [0.05, 0.1) is 18.7 Å². The third kappa shape index (κ3) is 4.55. The quantitative estimate of drug-likeness (QED) is 0.873. The SMILES string of the molecule is C[C@H](NC(=O)CN1CCCC[C@@H]1[C@H](C)O)c1ccccc1. The number of benzene rings is 1. The Bertz CT molecular complexity index is 447. The number of aliphatic hydroxyl groups is 1. The molecule has 2 rings (SSSR count). The molecule has 1 aliphatic rings. The van der Waals surface area contributed by atoms with Crippen molar-refractivity contribution in [1.82, 2.24) is 10.2 Å². The third-order valence-electron chi connectivity index (χ3n) is 4.24. The third-order valence-corrected chi connectivity index (χ3v) is 4.24. The molecule has 4 heteroatoms. The average Bonchev–Trinajstić information content (AvgIpc) is 2.48. The van der Waals surface area contributed by atoms with Crippen LogP contribution in [0.25, 0.3) is 0 Å². The first-order valence-corrected chi connectivity index (χ1v) is 7.84. The van der Waals surface area contributed by atoms with Crippen LogP contribution in [0.1, 0.15) is 44.7 Å². The summed E-state index contributed by atoms with van der Waals surface area (Å²) in [6.07, 6.45) is 2.82. The summed E-state index contributed by atoms with van der Waals surface area (Å²) >= 11 is 0. The number of piperidine rings is 1. The molecule has 1 aromatic carbocycles. The van der Waals surface area contributed by atoms with E-state index in [1.165, 1.54) is 0 Å². The fraction of sp³-hybridized carbons (Fsp3) is 0.588. The molecule has 1 heterocycles. The van der Waals surface area contributed by atoms with Gasteiger partial charge in [-0.2, -0.15) is 0 Å². The Balaban J connectivity index is 1.88. The molecule has 1 saturated heterocycles. The largest absolute Gasteiger partial charge is 0.392 e. The highest BCUT2D eigenvalue weighted by Gasteiger charge is 2.27. The Morgan fingerprint density at radius 1 is 1.33 bits per heavy atom. The zero-order valence-electron chi connectivity index (χ0n) is 13.0. The molecule has 0 spiro atoms. The maximum atomic E-state index is 12.2. The van der Waals surface area contributed by atoms with Crippen LogP contribution in [0.2, 0.25) is 0 Å². The Kier molecular flexibility index (Phi) is 5.76. The monoisotopic (exact) mass is 290 g/mol. The standard InChI is InChI=1S/C17H26N2O2/c1-13(15-8-4-3-5-9-15)18-17(21)12-19-11-7-6-10-16(19)14(2)20/h3-5,8-9,13-14,16,20H,6-7,10-12H2,1-2H3,(H,18,21)/t13-,14-,16+/m0/s1. The lowest BCUT2D eigenvalue weighted by atomic mass is 9.98. The topological polar surface area (TPSA) is 52.6 Å². The molecular weight excluding hydrogens is 264 g/mol. The predicted molar refractivity (Wildman–Crippen MR) is 83.9 cm³/mol. The van der Waals surface area contributed by atoms with Crippen molar-refractivity contribution in [3.05, 3.63) is 35.9 Å². The number of nitrogens with zero attached hydrogens (tertiary/aromatic N) is 1. The van der Waals surface area contributed by atoms with Crippen LogP contribution in [0.4, 0.5) is 0 Å². The summed E-state index contributed by atoms with van der Waals surface area (Å²) in [5.41, 5.74) is 1.11. The Morgan fingerprint density at radius 2 is 2.05 bits per heavy atom. The number of hydrogen-bond donors (Lipinski definition) is 2. The van der Waals surface area contributed by atoms with Crippen LogP contribution in [0.15, 0.2) is 30.3 Å². The van der Waals surface area contributed by atoms with Crippen LogP contribution >= 0.6 is 0 Å². The van der Waals surface area contributed by atoms with Crippen LogP contribution in [0.3, 0.4) is 0 Å². The van der Waals surface area contributed by atoms with Gasteiger partial charge in [-0.1, -0.05) is 36.8 Å². The molecule has 2 N–H and O–H groups in total. The van der Waals surface area contributed by atoms with E-state index in [4.69, 9.17) is 0 Å². The summed E-state index contributed by atoms with van der Waals surface area (Å²) in [7, 11) is 0. The zero-order chi connectivity index (χ0) is 15.2. The van der Waals surface area contributed by atoms with Crippen LogP contribution in [0.5, 0.6) is 0 Å². The van der Waals surface area contributed by atoms with E-state index in [0.717, 1.165) is 31.4 Å². The Morgan fingerprint density at radius 3 is 2.71 bits per heavy atom. The molecule has 1 amide bonds. The van der Waals surface area contributed by atoms with Crippen LogP contribution < -0.4 is 5.32 Å². The first-order chi connectivity index (χ1) is 10.1. The highest BCUT2D eigenvalue weighted by molar-refractivity contribution is 5.78. The van der Waals surface area contributed by atoms with E-state index < -0.39 is 0 Å². The van der Waals surface area contributed by atoms with E-state index in [1.807, 2.05) is 44.2 Å². The molecule has 0 bridgehead atoms. The molecule has 21 heavy (non-hydrogen) atoms. The van der Waals surface area contributed by atoms with Gasteiger partial charge in [0.1, 0.15) is 0 Å². The van der Waals surface area contributed by atoms with Gasteiger partial charge in [-0.15, -0.1) is 0 Å². The number of nitrogens with one attached hydrogen (secondary N) is 1. The number of aliphatic hydroxyl groups excluding tert-OH is 1. The van der Waals surface area contributed by atoms with Gasteiger partial charge in [-0.05, 0) is 38.8 Å². The Hall–Kier alpha value is -1.39. The van der Waals surface area contributed by atoms with Gasteiger partial charge in [0, 0.05) is 6.04 Å². The van der Waals surface area contributed by atoms with Gasteiger partial charge in [0.25, 0.3) is 0 Å². The second-order valence-electron chi connectivity index (χ2n) is 5.97. The lowest BCUT2D eigenvalue weighted by Gasteiger charge is -2.37. The zero-order valence-corrected chi connectivity index (χ0v) is 13.0. The summed E-state index contributed by atoms with van der Waals surface area (Å²) in [6, 6.07) is 10.1. The number of rotatable bonds is 5. The van der Waals surface area contributed by atoms with E-state index >= 15 is 0 Å². The first kappa shape index (κ1) is 16.0. The fourth-order valence-corrected chi connectivity index (χ4v) is 3.06. The maximum Gasteiger partial charge on any atom is 0.234 e. The van der Waals surface area contributed by atoms with Gasteiger partial charge >= 0.3 is 0 Å². The molecule has 0 radical (unpaired) electrons. The van der Waals surface area contributed by atoms with Crippen LogP contribution in [-0.4, -0.2) is 41.1 Å². The molecule has 0 unspecified atom stereocenters. The first-order valence-electron chi connectivity index (χ1n) is 7.84. The van der Waals surface area contributed by atoms with Gasteiger partial charge in [0.2, 0.25) is 5.91 Å². The molecule has 1 aliphatic heterocycles. The van der Waals surface area contributed by atoms with Crippen LogP contribution in [0, 0.1) is 0 Å². The molecule has 0 saturated carbocycles. The number of carbonyl (C=O) groups excluding carboxylic acids is 1. The molecule has 0 aliphatic carbocycles. The highest BCUT2D eigenvalue weighted by Crippen LogP contribution is 2.19. The average molecular weight is 290 g/mol. The molecule has 1 aromatic rings. The molecule has 3 atom stereocenters. The normalized spacial score (nSPS) is 22.5. The van der Waals surface area contributed by atoms with Crippen molar-refractivity contribution in [3.63, 3.8) is 0 Å². The van der Waals surface area contributed by atoms with E-state index in [1.54, 1.807) is 0 Å².